The van der Waals surface area contributed by atoms with Gasteiger partial charge in [-0.3, -0.25) is 4.68 Å². The molecule has 0 bridgehead atoms. The molecule has 78 valence electrons. The molecular weight excluding hydrogens is 259 g/mol. The van der Waals surface area contributed by atoms with Crippen molar-refractivity contribution in [3.8, 4) is 0 Å². The predicted molar refractivity (Wildman–Crippen MR) is 60.2 cm³/mol. The molecule has 0 radical (unpaired) electrons. The lowest BCUT2D eigenvalue weighted by Crippen LogP contribution is -2.02. The first-order chi connectivity index (χ1) is 7.15. The van der Waals surface area contributed by atoms with E-state index in [0.717, 1.165) is 15.7 Å². The van der Waals surface area contributed by atoms with Gasteiger partial charge in [-0.05, 0) is 52.2 Å². The van der Waals surface area contributed by atoms with E-state index in [-0.39, 0.29) is 5.82 Å². The van der Waals surface area contributed by atoms with Crippen molar-refractivity contribution < 1.29 is 4.39 Å². The lowest BCUT2D eigenvalue weighted by Gasteiger charge is -2.05. The molecule has 0 atom stereocenters. The van der Waals surface area contributed by atoms with E-state index in [4.69, 9.17) is 0 Å². The highest BCUT2D eigenvalue weighted by Gasteiger charge is 2.02. The molecule has 2 aromatic rings. The minimum atomic E-state index is -0.207. The smallest absolute Gasteiger partial charge is 0.128 e. The van der Waals surface area contributed by atoms with Gasteiger partial charge in [-0.2, -0.15) is 5.10 Å². The van der Waals surface area contributed by atoms with Gasteiger partial charge < -0.3 is 0 Å². The summed E-state index contributed by atoms with van der Waals surface area (Å²) in [5, 5.41) is 4.19. The number of aryl methyl sites for hydroxylation is 1. The molecule has 0 aliphatic heterocycles. The molecule has 0 saturated carbocycles. The molecule has 15 heavy (non-hydrogen) atoms. The second-order valence-corrected chi connectivity index (χ2v) is 4.22. The summed E-state index contributed by atoms with van der Waals surface area (Å²) in [4.78, 5) is 0. The van der Waals surface area contributed by atoms with Crippen LogP contribution in [-0.2, 0) is 6.54 Å². The van der Waals surface area contributed by atoms with Crippen LogP contribution in [-0.4, -0.2) is 9.78 Å². The first kappa shape index (κ1) is 10.4. The number of rotatable bonds is 2. The normalized spacial score (nSPS) is 10.6. The van der Waals surface area contributed by atoms with Gasteiger partial charge in [0.2, 0.25) is 0 Å². The van der Waals surface area contributed by atoms with Crippen LogP contribution in [0.3, 0.4) is 0 Å². The summed E-state index contributed by atoms with van der Waals surface area (Å²) < 4.78 is 15.6. The Morgan fingerprint density at radius 1 is 1.40 bits per heavy atom. The molecule has 1 aromatic carbocycles. The third-order valence-electron chi connectivity index (χ3n) is 2.25. The molecule has 0 N–H and O–H groups in total. The van der Waals surface area contributed by atoms with E-state index < -0.39 is 0 Å². The largest absolute Gasteiger partial charge is 0.267 e. The monoisotopic (exact) mass is 268 g/mol. The van der Waals surface area contributed by atoms with Gasteiger partial charge in [0.1, 0.15) is 10.4 Å². The van der Waals surface area contributed by atoms with Crippen LogP contribution in [0.4, 0.5) is 4.39 Å². The number of benzene rings is 1. The molecule has 2 nitrogen and oxygen atoms in total. The number of aromatic nitrogens is 2. The van der Waals surface area contributed by atoms with Crippen LogP contribution >= 0.6 is 15.9 Å². The van der Waals surface area contributed by atoms with E-state index in [1.165, 1.54) is 6.07 Å². The fourth-order valence-electron chi connectivity index (χ4n) is 1.41. The Kier molecular flexibility index (Phi) is 2.86. The van der Waals surface area contributed by atoms with Gasteiger partial charge in [-0.15, -0.1) is 0 Å². The second kappa shape index (κ2) is 4.14. The maximum atomic E-state index is 13.0. The van der Waals surface area contributed by atoms with Crippen molar-refractivity contribution in [2.24, 2.45) is 0 Å². The van der Waals surface area contributed by atoms with Gasteiger partial charge in [-0.25, -0.2) is 4.39 Å². The van der Waals surface area contributed by atoms with E-state index in [1.807, 2.05) is 19.2 Å². The summed E-state index contributed by atoms with van der Waals surface area (Å²) >= 11 is 3.27. The van der Waals surface area contributed by atoms with Crippen LogP contribution in [0.1, 0.15) is 11.1 Å². The highest BCUT2D eigenvalue weighted by atomic mass is 79.9. The molecule has 0 aliphatic rings. The minimum Gasteiger partial charge on any atom is -0.267 e. The van der Waals surface area contributed by atoms with Crippen molar-refractivity contribution >= 4 is 15.9 Å². The molecule has 0 aliphatic carbocycles. The molecule has 2 rings (SSSR count). The van der Waals surface area contributed by atoms with Crippen molar-refractivity contribution in [3.05, 3.63) is 52.0 Å². The fourth-order valence-corrected chi connectivity index (χ4v) is 1.73. The Bertz CT molecular complexity index is 479. The lowest BCUT2D eigenvalue weighted by molar-refractivity contribution is 0.617. The van der Waals surface area contributed by atoms with Crippen molar-refractivity contribution in [3.63, 3.8) is 0 Å². The quantitative estimate of drug-likeness (QED) is 0.819. The van der Waals surface area contributed by atoms with Crippen LogP contribution in [0.25, 0.3) is 0 Å². The predicted octanol–water partition coefficient (Wildman–Crippen LogP) is 3.14. The van der Waals surface area contributed by atoms with Crippen molar-refractivity contribution in [1.29, 1.82) is 0 Å². The molecule has 0 fully saturated rings. The zero-order valence-corrected chi connectivity index (χ0v) is 9.83. The second-order valence-electron chi connectivity index (χ2n) is 3.41. The van der Waals surface area contributed by atoms with E-state index in [0.29, 0.717) is 6.54 Å². The summed E-state index contributed by atoms with van der Waals surface area (Å²) in [5.74, 6) is -0.207. The summed E-state index contributed by atoms with van der Waals surface area (Å²) in [6.07, 6.45) is 1.86. The van der Waals surface area contributed by atoms with Crippen LogP contribution in [0, 0.1) is 12.7 Å². The standard InChI is InChI=1S/C11H10BrFN2/c1-8-2-3-10(13)6-9(8)7-15-5-4-11(12)14-15/h2-6H,7H2,1H3. The van der Waals surface area contributed by atoms with Crippen LogP contribution < -0.4 is 0 Å². The Balaban J connectivity index is 2.27. The maximum absolute atomic E-state index is 13.0. The Morgan fingerprint density at radius 3 is 2.87 bits per heavy atom. The molecule has 4 heteroatoms. The van der Waals surface area contributed by atoms with Gasteiger partial charge in [0.15, 0.2) is 0 Å². The Labute approximate surface area is 95.9 Å². The number of hydrogen-bond donors (Lipinski definition) is 0. The lowest BCUT2D eigenvalue weighted by atomic mass is 10.1. The van der Waals surface area contributed by atoms with Crippen LogP contribution in [0.2, 0.25) is 0 Å². The van der Waals surface area contributed by atoms with Gasteiger partial charge in [0.05, 0.1) is 6.54 Å². The highest BCUT2D eigenvalue weighted by Crippen LogP contribution is 2.12. The first-order valence-corrected chi connectivity index (χ1v) is 5.38. The molecule has 1 aromatic heterocycles. The fraction of sp³-hybridized carbons (Fsp3) is 0.182. The van der Waals surface area contributed by atoms with Crippen LogP contribution in [0.5, 0.6) is 0 Å². The van der Waals surface area contributed by atoms with Gasteiger partial charge >= 0.3 is 0 Å². The number of hydrogen-bond acceptors (Lipinski definition) is 1. The summed E-state index contributed by atoms with van der Waals surface area (Å²) in [6, 6.07) is 6.65. The molecule has 1 heterocycles. The van der Waals surface area contributed by atoms with Gasteiger partial charge in [0.25, 0.3) is 0 Å². The van der Waals surface area contributed by atoms with Crippen molar-refractivity contribution in [2.75, 3.05) is 0 Å². The number of halogens is 2. The Hall–Kier alpha value is -1.16. The molecular formula is C11H10BrFN2. The van der Waals surface area contributed by atoms with Crippen molar-refractivity contribution in [2.45, 2.75) is 13.5 Å². The van der Waals surface area contributed by atoms with Gasteiger partial charge in [-0.1, -0.05) is 6.07 Å². The van der Waals surface area contributed by atoms with Crippen molar-refractivity contribution in [1.82, 2.24) is 9.78 Å². The average Bonchev–Trinajstić information content (AvgIpc) is 2.58. The summed E-state index contributed by atoms with van der Waals surface area (Å²) in [6.45, 7) is 2.56. The Morgan fingerprint density at radius 2 is 2.20 bits per heavy atom. The highest BCUT2D eigenvalue weighted by molar-refractivity contribution is 9.10. The minimum absolute atomic E-state index is 0.207. The zero-order valence-electron chi connectivity index (χ0n) is 8.24. The summed E-state index contributed by atoms with van der Waals surface area (Å²) in [5.41, 5.74) is 2.02. The van der Waals surface area contributed by atoms with E-state index in [1.54, 1.807) is 16.8 Å². The van der Waals surface area contributed by atoms with E-state index in [9.17, 15) is 4.39 Å². The molecule has 0 amide bonds. The third kappa shape index (κ3) is 2.45. The van der Waals surface area contributed by atoms with Gasteiger partial charge in [0, 0.05) is 6.20 Å². The average molecular weight is 269 g/mol. The topological polar surface area (TPSA) is 17.8 Å². The van der Waals surface area contributed by atoms with E-state index in [2.05, 4.69) is 21.0 Å². The zero-order chi connectivity index (χ0) is 10.8. The summed E-state index contributed by atoms with van der Waals surface area (Å²) in [7, 11) is 0. The first-order valence-electron chi connectivity index (χ1n) is 4.59. The molecule has 0 unspecified atom stereocenters. The SMILES string of the molecule is Cc1ccc(F)cc1Cn1ccc(Br)n1. The third-order valence-corrected chi connectivity index (χ3v) is 2.67. The molecule has 0 spiro atoms. The molecule has 0 saturated heterocycles. The number of nitrogens with zero attached hydrogens (tertiary/aromatic N) is 2. The van der Waals surface area contributed by atoms with Crippen LogP contribution in [0.15, 0.2) is 35.1 Å². The van der Waals surface area contributed by atoms with E-state index >= 15 is 0 Å². The maximum Gasteiger partial charge on any atom is 0.128 e.